The number of benzene rings is 1. The Morgan fingerprint density at radius 3 is 2.57 bits per heavy atom. The van der Waals surface area contributed by atoms with Gasteiger partial charge in [-0.2, -0.15) is 5.10 Å². The first kappa shape index (κ1) is 9.06. The third kappa shape index (κ3) is 1.45. The van der Waals surface area contributed by atoms with Gasteiger partial charge in [-0.15, -0.1) is 0 Å². The minimum absolute atomic E-state index is 0.304. The minimum Gasteiger partial charge on any atom is -0.375 e. The molecule has 2 unspecified atom stereocenters. The Balaban J connectivity index is 2.17. The lowest BCUT2D eigenvalue weighted by Gasteiger charge is -2.16. The van der Waals surface area contributed by atoms with Gasteiger partial charge in [0.15, 0.2) is 0 Å². The van der Waals surface area contributed by atoms with E-state index in [2.05, 4.69) is 47.0 Å². The minimum atomic E-state index is 0.304. The largest absolute Gasteiger partial charge is 0.375 e. The summed E-state index contributed by atoms with van der Waals surface area (Å²) < 4.78 is 0. The second-order valence-corrected chi connectivity index (χ2v) is 3.55. The first-order chi connectivity index (χ1) is 6.83. The van der Waals surface area contributed by atoms with Gasteiger partial charge >= 0.3 is 0 Å². The maximum atomic E-state index is 4.25. The Kier molecular flexibility index (Phi) is 2.39. The average Bonchev–Trinajstić information content (AvgIpc) is 2.61. The van der Waals surface area contributed by atoms with Gasteiger partial charge in [0.1, 0.15) is 5.84 Å². The van der Waals surface area contributed by atoms with E-state index >= 15 is 0 Å². The molecule has 1 aliphatic heterocycles. The van der Waals surface area contributed by atoms with Crippen LogP contribution in [0.2, 0.25) is 0 Å². The summed E-state index contributed by atoms with van der Waals surface area (Å²) in [5.41, 5.74) is 4.44. The predicted molar refractivity (Wildman–Crippen MR) is 58.0 cm³/mol. The van der Waals surface area contributed by atoms with Crippen LogP contribution in [0.4, 0.5) is 0 Å². The van der Waals surface area contributed by atoms with Crippen LogP contribution in [0.3, 0.4) is 0 Å². The molecule has 0 bridgehead atoms. The summed E-state index contributed by atoms with van der Waals surface area (Å²) in [4.78, 5) is 0. The van der Waals surface area contributed by atoms with Crippen LogP contribution >= 0.6 is 0 Å². The number of hydrogen-bond acceptors (Lipinski definition) is 3. The number of amidine groups is 1. The van der Waals surface area contributed by atoms with Crippen LogP contribution in [0.25, 0.3) is 0 Å². The molecule has 1 aromatic carbocycles. The van der Waals surface area contributed by atoms with Crippen LogP contribution in [0.5, 0.6) is 0 Å². The van der Waals surface area contributed by atoms with Gasteiger partial charge in [-0.25, -0.2) is 0 Å². The highest BCUT2D eigenvalue weighted by Gasteiger charge is 2.27. The maximum absolute atomic E-state index is 4.25. The molecule has 0 spiro atoms. The molecule has 0 saturated carbocycles. The van der Waals surface area contributed by atoms with Crippen molar-refractivity contribution in [2.24, 2.45) is 11.0 Å². The molecule has 3 heteroatoms. The fourth-order valence-electron chi connectivity index (χ4n) is 1.82. The van der Waals surface area contributed by atoms with Crippen molar-refractivity contribution < 1.29 is 0 Å². The van der Waals surface area contributed by atoms with Crippen LogP contribution < -0.4 is 10.7 Å². The summed E-state index contributed by atoms with van der Waals surface area (Å²) in [5, 5.41) is 7.35. The molecule has 2 atom stereocenters. The molecular weight excluding hydrogens is 174 g/mol. The van der Waals surface area contributed by atoms with Gasteiger partial charge in [0, 0.05) is 13.0 Å². The molecular formula is C11H15N3. The van der Waals surface area contributed by atoms with Crippen molar-refractivity contribution in [3.8, 4) is 0 Å². The monoisotopic (exact) mass is 189 g/mol. The molecule has 0 amide bonds. The van der Waals surface area contributed by atoms with Crippen LogP contribution in [0.15, 0.2) is 35.4 Å². The van der Waals surface area contributed by atoms with Crippen molar-refractivity contribution in [3.63, 3.8) is 0 Å². The molecule has 0 saturated heterocycles. The number of hydrazone groups is 1. The zero-order valence-corrected chi connectivity index (χ0v) is 8.49. The standard InChI is InChI=1S/C11H15N3/c1-8-10(13-14-11(8)12-2)9-6-4-3-5-7-9/h3-8,10,13H,1-2H3,(H,12,14). The Labute approximate surface area is 84.2 Å². The smallest absolute Gasteiger partial charge is 0.127 e. The van der Waals surface area contributed by atoms with Crippen LogP contribution in [0.1, 0.15) is 18.5 Å². The van der Waals surface area contributed by atoms with Crippen LogP contribution in [-0.2, 0) is 0 Å². The molecule has 0 radical (unpaired) electrons. The summed E-state index contributed by atoms with van der Waals surface area (Å²) >= 11 is 0. The fourth-order valence-corrected chi connectivity index (χ4v) is 1.82. The molecule has 0 aromatic heterocycles. The summed E-state index contributed by atoms with van der Waals surface area (Å²) in [5.74, 6) is 1.43. The van der Waals surface area contributed by atoms with E-state index in [-0.39, 0.29) is 0 Å². The first-order valence-electron chi connectivity index (χ1n) is 4.88. The van der Waals surface area contributed by atoms with E-state index in [1.165, 1.54) is 5.56 Å². The van der Waals surface area contributed by atoms with Crippen molar-refractivity contribution >= 4 is 5.84 Å². The van der Waals surface area contributed by atoms with E-state index in [4.69, 9.17) is 0 Å². The predicted octanol–water partition coefficient (Wildman–Crippen LogP) is 1.50. The first-order valence-corrected chi connectivity index (χ1v) is 4.88. The molecule has 1 aliphatic rings. The van der Waals surface area contributed by atoms with Gasteiger partial charge in [0.05, 0.1) is 6.04 Å². The Hall–Kier alpha value is -1.51. The second kappa shape index (κ2) is 3.70. The van der Waals surface area contributed by atoms with Gasteiger partial charge in [-0.1, -0.05) is 37.3 Å². The summed E-state index contributed by atoms with van der Waals surface area (Å²) in [7, 11) is 1.91. The molecule has 3 nitrogen and oxygen atoms in total. The Morgan fingerprint density at radius 1 is 1.29 bits per heavy atom. The molecule has 2 rings (SSSR count). The third-order valence-electron chi connectivity index (χ3n) is 2.67. The number of nitrogens with one attached hydrogen (secondary N) is 2. The van der Waals surface area contributed by atoms with Gasteiger partial charge in [-0.3, -0.25) is 0 Å². The Morgan fingerprint density at radius 2 is 2.00 bits per heavy atom. The highest BCUT2D eigenvalue weighted by Crippen LogP contribution is 2.25. The lowest BCUT2D eigenvalue weighted by atomic mass is 9.95. The van der Waals surface area contributed by atoms with Crippen molar-refractivity contribution in [3.05, 3.63) is 35.9 Å². The van der Waals surface area contributed by atoms with Crippen LogP contribution in [-0.4, -0.2) is 12.9 Å². The highest BCUT2D eigenvalue weighted by atomic mass is 15.4. The van der Waals surface area contributed by atoms with Gasteiger partial charge in [0.2, 0.25) is 0 Å². The zero-order chi connectivity index (χ0) is 9.97. The summed E-state index contributed by atoms with van der Waals surface area (Å²) in [6.45, 7) is 2.17. The summed E-state index contributed by atoms with van der Waals surface area (Å²) in [6.07, 6.45) is 0. The average molecular weight is 189 g/mol. The topological polar surface area (TPSA) is 36.4 Å². The van der Waals surface area contributed by atoms with Gasteiger partial charge < -0.3 is 10.7 Å². The Bertz CT molecular complexity index is 332. The molecule has 2 N–H and O–H groups in total. The maximum Gasteiger partial charge on any atom is 0.127 e. The van der Waals surface area contributed by atoms with Crippen molar-refractivity contribution in [1.29, 1.82) is 0 Å². The van der Waals surface area contributed by atoms with Crippen LogP contribution in [0, 0.1) is 5.92 Å². The molecule has 74 valence electrons. The van der Waals surface area contributed by atoms with E-state index in [1.54, 1.807) is 0 Å². The number of nitrogens with zero attached hydrogens (tertiary/aromatic N) is 1. The van der Waals surface area contributed by atoms with Crippen molar-refractivity contribution in [1.82, 2.24) is 10.7 Å². The van der Waals surface area contributed by atoms with Gasteiger partial charge in [0.25, 0.3) is 0 Å². The molecule has 1 heterocycles. The van der Waals surface area contributed by atoms with E-state index < -0.39 is 0 Å². The molecule has 0 fully saturated rings. The van der Waals surface area contributed by atoms with Crippen molar-refractivity contribution in [2.45, 2.75) is 13.0 Å². The quantitative estimate of drug-likeness (QED) is 0.702. The molecule has 1 aromatic rings. The van der Waals surface area contributed by atoms with E-state index in [9.17, 15) is 0 Å². The SMILES string of the molecule is CNC1=NNC(c2ccccc2)C1C. The number of rotatable bonds is 1. The van der Waals surface area contributed by atoms with Gasteiger partial charge in [-0.05, 0) is 5.56 Å². The third-order valence-corrected chi connectivity index (χ3v) is 2.67. The molecule has 14 heavy (non-hydrogen) atoms. The van der Waals surface area contributed by atoms with Crippen molar-refractivity contribution in [2.75, 3.05) is 7.05 Å². The summed E-state index contributed by atoms with van der Waals surface area (Å²) in [6, 6.07) is 10.7. The lowest BCUT2D eigenvalue weighted by Crippen LogP contribution is -2.26. The van der Waals surface area contributed by atoms with E-state index in [0.717, 1.165) is 5.84 Å². The van der Waals surface area contributed by atoms with E-state index in [0.29, 0.717) is 12.0 Å². The fraction of sp³-hybridized carbons (Fsp3) is 0.364. The molecule has 0 aliphatic carbocycles. The lowest BCUT2D eigenvalue weighted by molar-refractivity contribution is 0.522. The normalized spacial score (nSPS) is 25.4. The second-order valence-electron chi connectivity index (χ2n) is 3.55. The van der Waals surface area contributed by atoms with E-state index in [1.807, 2.05) is 13.1 Å². The number of hydrogen-bond donors (Lipinski definition) is 2. The zero-order valence-electron chi connectivity index (χ0n) is 8.49. The highest BCUT2D eigenvalue weighted by molar-refractivity contribution is 5.86.